The quantitative estimate of drug-likeness (QED) is 0.697. The van der Waals surface area contributed by atoms with Crippen molar-refractivity contribution < 1.29 is 4.79 Å². The van der Waals surface area contributed by atoms with Gasteiger partial charge in [-0.25, -0.2) is 0 Å². The summed E-state index contributed by atoms with van der Waals surface area (Å²) in [4.78, 5) is 15.2. The van der Waals surface area contributed by atoms with Crippen LogP contribution in [0.3, 0.4) is 0 Å². The molecule has 0 bridgehead atoms. The molecule has 1 aliphatic rings. The zero-order valence-electron chi connectivity index (χ0n) is 14.9. The minimum absolute atomic E-state index is 0.0396. The SMILES string of the molecule is Cc1ccc(C2SCCN2C(=O)c2cc(-c3ccccc3)nn2C)cc1. The van der Waals surface area contributed by atoms with Gasteiger partial charge in [-0.05, 0) is 18.6 Å². The van der Waals surface area contributed by atoms with Crippen molar-refractivity contribution in [1.82, 2.24) is 14.7 Å². The Morgan fingerprint density at radius 2 is 1.85 bits per heavy atom. The molecule has 1 fully saturated rings. The number of aryl methyl sites for hydroxylation is 2. The molecule has 3 aromatic rings. The fourth-order valence-electron chi connectivity index (χ4n) is 3.25. The monoisotopic (exact) mass is 363 g/mol. The van der Waals surface area contributed by atoms with Crippen LogP contribution in [0.15, 0.2) is 60.7 Å². The van der Waals surface area contributed by atoms with Gasteiger partial charge in [0.1, 0.15) is 11.1 Å². The third-order valence-electron chi connectivity index (χ3n) is 4.68. The van der Waals surface area contributed by atoms with E-state index in [4.69, 9.17) is 0 Å². The van der Waals surface area contributed by atoms with Crippen molar-refractivity contribution in [3.8, 4) is 11.3 Å². The molecule has 26 heavy (non-hydrogen) atoms. The summed E-state index contributed by atoms with van der Waals surface area (Å²) in [5.41, 5.74) is 4.89. The molecule has 1 atom stereocenters. The number of amides is 1. The normalized spacial score (nSPS) is 16.8. The fraction of sp³-hybridized carbons (Fsp3) is 0.238. The summed E-state index contributed by atoms with van der Waals surface area (Å²) in [6.07, 6.45) is 0. The molecule has 2 heterocycles. The van der Waals surface area contributed by atoms with Gasteiger partial charge >= 0.3 is 0 Å². The molecule has 0 radical (unpaired) electrons. The maximum absolute atomic E-state index is 13.2. The van der Waals surface area contributed by atoms with Gasteiger partial charge in [0.2, 0.25) is 0 Å². The van der Waals surface area contributed by atoms with Gasteiger partial charge in [-0.3, -0.25) is 9.48 Å². The van der Waals surface area contributed by atoms with E-state index < -0.39 is 0 Å². The van der Waals surface area contributed by atoms with Gasteiger partial charge in [-0.2, -0.15) is 5.10 Å². The predicted molar refractivity (Wildman–Crippen MR) is 106 cm³/mol. The van der Waals surface area contributed by atoms with E-state index in [2.05, 4.69) is 36.3 Å². The summed E-state index contributed by atoms with van der Waals surface area (Å²) in [6, 6.07) is 20.3. The number of hydrogen-bond donors (Lipinski definition) is 0. The third kappa shape index (κ3) is 3.15. The van der Waals surface area contributed by atoms with Crippen LogP contribution in [0.5, 0.6) is 0 Å². The zero-order valence-corrected chi connectivity index (χ0v) is 15.7. The Balaban J connectivity index is 1.63. The van der Waals surface area contributed by atoms with Crippen LogP contribution in [0.1, 0.15) is 27.0 Å². The molecule has 2 aromatic carbocycles. The maximum Gasteiger partial charge on any atom is 0.273 e. The molecule has 1 aromatic heterocycles. The average Bonchev–Trinajstić information content (AvgIpc) is 3.29. The summed E-state index contributed by atoms with van der Waals surface area (Å²) in [5.74, 6) is 0.992. The molecule has 0 spiro atoms. The van der Waals surface area contributed by atoms with Crippen molar-refractivity contribution in [2.75, 3.05) is 12.3 Å². The lowest BCUT2D eigenvalue weighted by atomic mass is 10.1. The zero-order chi connectivity index (χ0) is 18.1. The summed E-state index contributed by atoms with van der Waals surface area (Å²) in [7, 11) is 1.84. The van der Waals surface area contributed by atoms with Gasteiger partial charge in [-0.1, -0.05) is 60.2 Å². The number of carbonyl (C=O) groups is 1. The molecule has 0 saturated carbocycles. The Kier molecular flexibility index (Phi) is 4.55. The highest BCUT2D eigenvalue weighted by molar-refractivity contribution is 7.99. The molecule has 0 N–H and O–H groups in total. The van der Waals surface area contributed by atoms with Crippen LogP contribution in [0, 0.1) is 6.92 Å². The highest BCUT2D eigenvalue weighted by atomic mass is 32.2. The topological polar surface area (TPSA) is 38.1 Å². The van der Waals surface area contributed by atoms with Crippen LogP contribution in [0.4, 0.5) is 0 Å². The average molecular weight is 363 g/mol. The first kappa shape index (κ1) is 16.9. The van der Waals surface area contributed by atoms with Crippen LogP contribution >= 0.6 is 11.8 Å². The minimum atomic E-state index is 0.0396. The van der Waals surface area contributed by atoms with Gasteiger partial charge in [-0.15, -0.1) is 11.8 Å². The van der Waals surface area contributed by atoms with E-state index in [0.29, 0.717) is 5.69 Å². The Morgan fingerprint density at radius 1 is 1.12 bits per heavy atom. The molecule has 1 amide bonds. The smallest absolute Gasteiger partial charge is 0.273 e. The van der Waals surface area contributed by atoms with Crippen molar-refractivity contribution in [3.05, 3.63) is 77.5 Å². The summed E-state index contributed by atoms with van der Waals surface area (Å²) >= 11 is 1.82. The van der Waals surface area contributed by atoms with Gasteiger partial charge in [0, 0.05) is 24.9 Å². The number of rotatable bonds is 3. The second-order valence-electron chi connectivity index (χ2n) is 6.54. The first-order valence-corrected chi connectivity index (χ1v) is 9.77. The first-order chi connectivity index (χ1) is 12.6. The highest BCUT2D eigenvalue weighted by Gasteiger charge is 2.32. The number of benzene rings is 2. The highest BCUT2D eigenvalue weighted by Crippen LogP contribution is 2.39. The fourth-order valence-corrected chi connectivity index (χ4v) is 4.51. The Hall–Kier alpha value is -2.53. The molecule has 1 saturated heterocycles. The van der Waals surface area contributed by atoms with Crippen molar-refractivity contribution >= 4 is 17.7 Å². The minimum Gasteiger partial charge on any atom is -0.320 e. The Bertz CT molecular complexity index is 918. The van der Waals surface area contributed by atoms with Gasteiger partial charge in [0.05, 0.1) is 5.69 Å². The lowest BCUT2D eigenvalue weighted by Gasteiger charge is -2.24. The molecule has 1 aliphatic heterocycles. The molecule has 1 unspecified atom stereocenters. The standard InChI is InChI=1S/C21H21N3OS/c1-15-8-10-17(11-9-15)21-24(12-13-26-21)20(25)19-14-18(22-23(19)2)16-6-4-3-5-7-16/h3-11,14,21H,12-13H2,1-2H3. The second-order valence-corrected chi connectivity index (χ2v) is 7.72. The molecular weight excluding hydrogens is 342 g/mol. The molecular formula is C21H21N3OS. The number of carbonyl (C=O) groups excluding carboxylic acids is 1. The maximum atomic E-state index is 13.2. The van der Waals surface area contributed by atoms with Crippen LogP contribution < -0.4 is 0 Å². The van der Waals surface area contributed by atoms with Crippen molar-refractivity contribution in [1.29, 1.82) is 0 Å². The number of aromatic nitrogens is 2. The summed E-state index contributed by atoms with van der Waals surface area (Å²) < 4.78 is 1.69. The van der Waals surface area contributed by atoms with Gasteiger partial charge in [0.15, 0.2) is 0 Å². The van der Waals surface area contributed by atoms with E-state index >= 15 is 0 Å². The van der Waals surface area contributed by atoms with E-state index in [1.54, 1.807) is 4.68 Å². The molecule has 4 nitrogen and oxygen atoms in total. The molecule has 0 aliphatic carbocycles. The van der Waals surface area contributed by atoms with Crippen LogP contribution in [0.25, 0.3) is 11.3 Å². The molecule has 132 valence electrons. The van der Waals surface area contributed by atoms with E-state index in [1.165, 1.54) is 11.1 Å². The number of hydrogen-bond acceptors (Lipinski definition) is 3. The van der Waals surface area contributed by atoms with Gasteiger partial charge in [0.25, 0.3) is 5.91 Å². The third-order valence-corrected chi connectivity index (χ3v) is 5.94. The Morgan fingerprint density at radius 3 is 2.58 bits per heavy atom. The first-order valence-electron chi connectivity index (χ1n) is 8.72. The van der Waals surface area contributed by atoms with E-state index in [9.17, 15) is 4.79 Å². The number of nitrogens with zero attached hydrogens (tertiary/aromatic N) is 3. The summed E-state index contributed by atoms with van der Waals surface area (Å²) in [6.45, 7) is 2.84. The second kappa shape index (κ2) is 7.00. The van der Waals surface area contributed by atoms with E-state index in [1.807, 2.05) is 60.1 Å². The Labute approximate surface area is 157 Å². The van der Waals surface area contributed by atoms with Gasteiger partial charge < -0.3 is 4.90 Å². The molecule has 5 heteroatoms. The van der Waals surface area contributed by atoms with Crippen molar-refractivity contribution in [2.45, 2.75) is 12.3 Å². The van der Waals surface area contributed by atoms with E-state index in [0.717, 1.165) is 23.6 Å². The largest absolute Gasteiger partial charge is 0.320 e. The van der Waals surface area contributed by atoms with E-state index in [-0.39, 0.29) is 11.3 Å². The lowest BCUT2D eigenvalue weighted by Crippen LogP contribution is -2.31. The predicted octanol–water partition coefficient (Wildman–Crippen LogP) is 4.28. The van der Waals surface area contributed by atoms with Crippen molar-refractivity contribution in [2.24, 2.45) is 7.05 Å². The molecule has 4 rings (SSSR count). The summed E-state index contributed by atoms with van der Waals surface area (Å²) in [5, 5.41) is 4.61. The number of thioether (sulfide) groups is 1. The van der Waals surface area contributed by atoms with Crippen LogP contribution in [0.2, 0.25) is 0 Å². The lowest BCUT2D eigenvalue weighted by molar-refractivity contribution is 0.0749. The van der Waals surface area contributed by atoms with Crippen molar-refractivity contribution in [3.63, 3.8) is 0 Å². The van der Waals surface area contributed by atoms with Crippen LogP contribution in [-0.4, -0.2) is 32.9 Å². The van der Waals surface area contributed by atoms with Crippen LogP contribution in [-0.2, 0) is 7.05 Å².